The van der Waals surface area contributed by atoms with Gasteiger partial charge in [0.2, 0.25) is 5.91 Å². The van der Waals surface area contributed by atoms with Crippen LogP contribution in [-0.4, -0.2) is 67.9 Å². The maximum atomic E-state index is 12.3. The molecule has 0 unspecified atom stereocenters. The fourth-order valence-electron chi connectivity index (χ4n) is 3.36. The number of carbonyl (C=O) groups excluding carboxylic acids is 2. The summed E-state index contributed by atoms with van der Waals surface area (Å²) in [6.45, 7) is 1.23. The van der Waals surface area contributed by atoms with Gasteiger partial charge in [0.1, 0.15) is 11.8 Å². The molecular weight excluding hydrogens is 358 g/mol. The highest BCUT2D eigenvalue weighted by molar-refractivity contribution is 5.81. The summed E-state index contributed by atoms with van der Waals surface area (Å²) in [5.74, 6) is 0.190. The summed E-state index contributed by atoms with van der Waals surface area (Å²) in [5.41, 5.74) is 3.79. The summed E-state index contributed by atoms with van der Waals surface area (Å²) in [6.07, 6.45) is 0.0213. The van der Waals surface area contributed by atoms with Crippen LogP contribution in [0.25, 0.3) is 0 Å². The molecule has 2 heterocycles. The Morgan fingerprint density at radius 3 is 2.85 bits per heavy atom. The molecule has 1 aromatic carbocycles. The molecule has 3 amide bonds. The summed E-state index contributed by atoms with van der Waals surface area (Å²) in [4.78, 5) is 30.4. The van der Waals surface area contributed by atoms with Gasteiger partial charge in [-0.05, 0) is 23.3 Å². The van der Waals surface area contributed by atoms with Crippen molar-refractivity contribution in [2.24, 2.45) is 0 Å². The second-order valence-corrected chi connectivity index (χ2v) is 6.20. The Morgan fingerprint density at radius 1 is 1.30 bits per heavy atom. The molecule has 2 bridgehead atoms. The molecule has 2 N–H and O–H groups in total. The fourth-order valence-corrected chi connectivity index (χ4v) is 3.36. The van der Waals surface area contributed by atoms with Crippen molar-refractivity contribution in [2.45, 2.75) is 18.5 Å². The van der Waals surface area contributed by atoms with Gasteiger partial charge in [0.25, 0.3) is 0 Å². The second kappa shape index (κ2) is 8.53. The van der Waals surface area contributed by atoms with E-state index in [0.29, 0.717) is 30.6 Å². The van der Waals surface area contributed by atoms with E-state index in [9.17, 15) is 14.8 Å². The van der Waals surface area contributed by atoms with E-state index in [4.69, 9.17) is 14.2 Å². The number of hydrogen-bond donors (Lipinski definition) is 2. The Morgan fingerprint density at radius 2 is 2.11 bits per heavy atom. The number of methoxy groups -OCH3 is 1. The number of rotatable bonds is 9. The van der Waals surface area contributed by atoms with E-state index < -0.39 is 18.1 Å². The third-order valence-corrected chi connectivity index (χ3v) is 4.59. The van der Waals surface area contributed by atoms with Crippen LogP contribution in [0.3, 0.4) is 0 Å². The minimum absolute atomic E-state index is 0.0213. The number of fused-ring (bicyclic) bond motifs is 4. The molecule has 1 aromatic rings. The standard InChI is InChI=1S/C17H23N3O7/c1-24-5-6-26-10-27-11-3-4-12-13(7-11)15-9-19(17(22)20(15)23)14(12)8-16(21)18-25-2/h3-4,7,14-15,23H,5-6,8-10H2,1-2H3,(H,18,21)/t14-,15-/m0/s1. The van der Waals surface area contributed by atoms with Gasteiger partial charge in [-0.1, -0.05) is 6.07 Å². The molecule has 10 nitrogen and oxygen atoms in total. The van der Waals surface area contributed by atoms with Crippen molar-refractivity contribution in [1.29, 1.82) is 0 Å². The highest BCUT2D eigenvalue weighted by Gasteiger charge is 2.48. The van der Waals surface area contributed by atoms with Crippen molar-refractivity contribution < 1.29 is 33.8 Å². The Hall–Kier alpha value is -2.40. The van der Waals surface area contributed by atoms with Gasteiger partial charge in [0.15, 0.2) is 6.79 Å². The third-order valence-electron chi connectivity index (χ3n) is 4.59. The van der Waals surface area contributed by atoms with E-state index in [0.717, 1.165) is 11.1 Å². The zero-order chi connectivity index (χ0) is 19.4. The molecule has 2 aliphatic heterocycles. The lowest BCUT2D eigenvalue weighted by Gasteiger charge is -2.32. The number of amides is 3. The van der Waals surface area contributed by atoms with E-state index in [2.05, 4.69) is 10.3 Å². The quantitative estimate of drug-likeness (QED) is 0.284. The minimum atomic E-state index is -0.531. The van der Waals surface area contributed by atoms with E-state index in [1.807, 2.05) is 0 Å². The molecule has 1 fully saturated rings. The summed E-state index contributed by atoms with van der Waals surface area (Å²) in [7, 11) is 2.93. The lowest BCUT2D eigenvalue weighted by molar-refractivity contribution is -0.132. The van der Waals surface area contributed by atoms with Crippen LogP contribution in [0.2, 0.25) is 0 Å². The third kappa shape index (κ3) is 3.98. The Kier molecular flexibility index (Phi) is 6.11. The van der Waals surface area contributed by atoms with Gasteiger partial charge in [-0.2, -0.15) is 5.06 Å². The lowest BCUT2D eigenvalue weighted by atomic mass is 9.89. The normalized spacial score (nSPS) is 20.6. The van der Waals surface area contributed by atoms with Crippen LogP contribution in [0.1, 0.15) is 29.6 Å². The van der Waals surface area contributed by atoms with Gasteiger partial charge in [0, 0.05) is 7.11 Å². The van der Waals surface area contributed by atoms with Crippen LogP contribution in [0.4, 0.5) is 4.79 Å². The Balaban J connectivity index is 1.78. The SMILES string of the molecule is COCCOCOc1ccc2c(c1)[C@@H]1CN(C(=O)N1O)[C@H]2CC(=O)NOC. The average molecular weight is 381 g/mol. The summed E-state index contributed by atoms with van der Waals surface area (Å²) >= 11 is 0. The van der Waals surface area contributed by atoms with E-state index >= 15 is 0 Å². The first-order chi connectivity index (χ1) is 13.1. The lowest BCUT2D eigenvalue weighted by Crippen LogP contribution is -2.37. The highest BCUT2D eigenvalue weighted by atomic mass is 16.7. The second-order valence-electron chi connectivity index (χ2n) is 6.20. The number of benzene rings is 1. The molecule has 0 aromatic heterocycles. The Bertz CT molecular complexity index is 699. The first-order valence-corrected chi connectivity index (χ1v) is 8.50. The number of nitrogens with one attached hydrogen (secondary N) is 1. The number of urea groups is 1. The predicted octanol–water partition coefficient (Wildman–Crippen LogP) is 0.976. The molecule has 3 rings (SSSR count). The Labute approximate surface area is 156 Å². The van der Waals surface area contributed by atoms with Crippen LogP contribution in [0, 0.1) is 0 Å². The summed E-state index contributed by atoms with van der Waals surface area (Å²) in [6, 6.07) is 3.78. The molecule has 27 heavy (non-hydrogen) atoms. The van der Waals surface area contributed by atoms with Crippen molar-refractivity contribution in [3.8, 4) is 5.75 Å². The molecule has 2 aliphatic rings. The van der Waals surface area contributed by atoms with Crippen LogP contribution < -0.4 is 10.2 Å². The maximum absolute atomic E-state index is 12.3. The van der Waals surface area contributed by atoms with E-state index in [1.165, 1.54) is 12.0 Å². The topological polar surface area (TPSA) is 110 Å². The van der Waals surface area contributed by atoms with Crippen molar-refractivity contribution in [3.05, 3.63) is 29.3 Å². The highest BCUT2D eigenvalue weighted by Crippen LogP contribution is 2.45. The summed E-state index contributed by atoms with van der Waals surface area (Å²) in [5, 5.41) is 10.9. The first-order valence-electron chi connectivity index (χ1n) is 8.50. The average Bonchev–Trinajstić information content (AvgIpc) is 2.92. The van der Waals surface area contributed by atoms with Gasteiger partial charge >= 0.3 is 6.03 Å². The van der Waals surface area contributed by atoms with E-state index in [-0.39, 0.29) is 19.1 Å². The number of nitrogens with zero attached hydrogens (tertiary/aromatic N) is 2. The molecule has 0 spiro atoms. The van der Waals surface area contributed by atoms with Gasteiger partial charge in [0.05, 0.1) is 39.3 Å². The molecule has 0 aliphatic carbocycles. The molecule has 1 saturated heterocycles. The van der Waals surface area contributed by atoms with Crippen LogP contribution in [0.5, 0.6) is 5.75 Å². The van der Waals surface area contributed by atoms with Crippen LogP contribution in [0.15, 0.2) is 18.2 Å². The number of hydroxylamine groups is 3. The van der Waals surface area contributed by atoms with Crippen LogP contribution in [-0.2, 0) is 19.1 Å². The molecular formula is C17H23N3O7. The van der Waals surface area contributed by atoms with Crippen LogP contribution >= 0.6 is 0 Å². The monoisotopic (exact) mass is 381 g/mol. The molecule has 0 saturated carbocycles. The zero-order valence-electron chi connectivity index (χ0n) is 15.2. The number of hydrogen-bond acceptors (Lipinski definition) is 7. The molecule has 2 atom stereocenters. The van der Waals surface area contributed by atoms with Gasteiger partial charge < -0.3 is 19.1 Å². The predicted molar refractivity (Wildman–Crippen MR) is 90.7 cm³/mol. The van der Waals surface area contributed by atoms with Crippen molar-refractivity contribution in [3.63, 3.8) is 0 Å². The minimum Gasteiger partial charge on any atom is -0.468 e. The van der Waals surface area contributed by atoms with Gasteiger partial charge in [-0.3, -0.25) is 14.8 Å². The first kappa shape index (κ1) is 19.4. The molecule has 10 heteroatoms. The van der Waals surface area contributed by atoms with Gasteiger partial charge in [-0.15, -0.1) is 0 Å². The van der Waals surface area contributed by atoms with E-state index in [1.54, 1.807) is 25.3 Å². The fraction of sp³-hybridized carbons (Fsp3) is 0.529. The largest absolute Gasteiger partial charge is 0.468 e. The molecule has 0 radical (unpaired) electrons. The summed E-state index contributed by atoms with van der Waals surface area (Å²) < 4.78 is 15.7. The number of carbonyl (C=O) groups is 2. The zero-order valence-corrected chi connectivity index (χ0v) is 15.2. The number of ether oxygens (including phenoxy) is 3. The van der Waals surface area contributed by atoms with Gasteiger partial charge in [-0.25, -0.2) is 10.3 Å². The smallest absolute Gasteiger partial charge is 0.345 e. The van der Waals surface area contributed by atoms with Crippen molar-refractivity contribution in [2.75, 3.05) is 40.8 Å². The maximum Gasteiger partial charge on any atom is 0.345 e. The molecule has 148 valence electrons. The van der Waals surface area contributed by atoms with Crippen molar-refractivity contribution in [1.82, 2.24) is 15.4 Å². The van der Waals surface area contributed by atoms with Crippen molar-refractivity contribution >= 4 is 11.9 Å².